The van der Waals surface area contributed by atoms with Gasteiger partial charge in [0.1, 0.15) is 11.5 Å². The average molecular weight is 411 g/mol. The molecule has 5 rings (SSSR count). The van der Waals surface area contributed by atoms with Gasteiger partial charge in [0, 0.05) is 16.5 Å². The fourth-order valence-electron chi connectivity index (χ4n) is 5.31. The summed E-state index contributed by atoms with van der Waals surface area (Å²) in [5.41, 5.74) is 8.07. The maximum atomic E-state index is 5.74. The van der Waals surface area contributed by atoms with Gasteiger partial charge in [0.15, 0.2) is 0 Å². The number of benzene rings is 2. The third-order valence-corrected chi connectivity index (χ3v) is 6.89. The number of unbranched alkanes of at least 4 members (excludes halogenated alkanes) is 2. The van der Waals surface area contributed by atoms with E-state index in [0.717, 1.165) is 11.5 Å². The van der Waals surface area contributed by atoms with Crippen molar-refractivity contribution in [2.45, 2.75) is 57.8 Å². The van der Waals surface area contributed by atoms with Gasteiger partial charge in [-0.2, -0.15) is 0 Å². The van der Waals surface area contributed by atoms with Gasteiger partial charge in [0.2, 0.25) is 0 Å². The fourth-order valence-corrected chi connectivity index (χ4v) is 5.31. The second-order valence-corrected chi connectivity index (χ2v) is 8.76. The average Bonchev–Trinajstić information content (AvgIpc) is 3.57. The maximum Gasteiger partial charge on any atom is 0.133 e. The largest absolute Gasteiger partial charge is 0.464 e. The van der Waals surface area contributed by atoms with E-state index in [-0.39, 0.29) is 5.41 Å². The van der Waals surface area contributed by atoms with Crippen LogP contribution >= 0.6 is 0 Å². The Morgan fingerprint density at radius 3 is 1.52 bits per heavy atom. The van der Waals surface area contributed by atoms with E-state index in [1.54, 1.807) is 12.5 Å². The minimum absolute atomic E-state index is 0.0435. The van der Waals surface area contributed by atoms with E-state index in [9.17, 15) is 0 Å². The number of furan rings is 2. The molecule has 31 heavy (non-hydrogen) atoms. The van der Waals surface area contributed by atoms with Crippen molar-refractivity contribution < 1.29 is 8.83 Å². The standard InChI is InChI=1S/C29H30O2/c1-3-5-15-29(16-6-4-2)25-19-21(27-9-7-17-30-27)11-13-23(25)24-14-12-22(20-26(24)29)28-10-8-18-31-28/h7-14,17-20H,3-6,15-16H2,1-2H3. The van der Waals surface area contributed by atoms with E-state index in [1.165, 1.54) is 71.9 Å². The van der Waals surface area contributed by atoms with Crippen LogP contribution in [0.1, 0.15) is 63.5 Å². The Morgan fingerprint density at radius 1 is 0.645 bits per heavy atom. The molecule has 2 nitrogen and oxygen atoms in total. The van der Waals surface area contributed by atoms with Crippen molar-refractivity contribution in [2.24, 2.45) is 0 Å². The molecule has 0 fully saturated rings. The smallest absolute Gasteiger partial charge is 0.133 e. The normalized spacial score (nSPS) is 13.9. The van der Waals surface area contributed by atoms with Crippen LogP contribution in [0, 0.1) is 0 Å². The molecule has 0 saturated heterocycles. The number of rotatable bonds is 8. The van der Waals surface area contributed by atoms with Crippen LogP contribution in [0.15, 0.2) is 82.0 Å². The molecule has 0 bridgehead atoms. The highest BCUT2D eigenvalue weighted by Crippen LogP contribution is 2.55. The van der Waals surface area contributed by atoms with Gasteiger partial charge in [0.05, 0.1) is 12.5 Å². The topological polar surface area (TPSA) is 26.3 Å². The maximum absolute atomic E-state index is 5.74. The molecule has 0 unspecified atom stereocenters. The van der Waals surface area contributed by atoms with Gasteiger partial charge in [-0.05, 0) is 71.5 Å². The zero-order valence-corrected chi connectivity index (χ0v) is 18.5. The summed E-state index contributed by atoms with van der Waals surface area (Å²) in [6, 6.07) is 21.9. The Labute approximate surface area is 184 Å². The molecule has 2 aromatic heterocycles. The highest BCUT2D eigenvalue weighted by molar-refractivity contribution is 5.85. The van der Waals surface area contributed by atoms with Crippen LogP contribution in [0.3, 0.4) is 0 Å². The van der Waals surface area contributed by atoms with Gasteiger partial charge >= 0.3 is 0 Å². The molecule has 0 N–H and O–H groups in total. The highest BCUT2D eigenvalue weighted by atomic mass is 16.3. The van der Waals surface area contributed by atoms with Crippen LogP contribution < -0.4 is 0 Å². The lowest BCUT2D eigenvalue weighted by molar-refractivity contribution is 0.414. The van der Waals surface area contributed by atoms with Gasteiger partial charge in [-0.3, -0.25) is 0 Å². The van der Waals surface area contributed by atoms with Crippen molar-refractivity contribution in [1.82, 2.24) is 0 Å². The lowest BCUT2D eigenvalue weighted by Gasteiger charge is -2.33. The van der Waals surface area contributed by atoms with Crippen LogP contribution in [0.2, 0.25) is 0 Å². The minimum atomic E-state index is 0.0435. The summed E-state index contributed by atoms with van der Waals surface area (Å²) in [5.74, 6) is 1.88. The second-order valence-electron chi connectivity index (χ2n) is 8.76. The van der Waals surface area contributed by atoms with Crippen LogP contribution in [-0.4, -0.2) is 0 Å². The van der Waals surface area contributed by atoms with Crippen molar-refractivity contribution in [2.75, 3.05) is 0 Å². The lowest BCUT2D eigenvalue weighted by Crippen LogP contribution is -2.25. The van der Waals surface area contributed by atoms with Crippen molar-refractivity contribution in [3.63, 3.8) is 0 Å². The third kappa shape index (κ3) is 3.35. The molecule has 0 radical (unpaired) electrons. The summed E-state index contributed by atoms with van der Waals surface area (Å²) >= 11 is 0. The van der Waals surface area contributed by atoms with E-state index in [1.807, 2.05) is 12.1 Å². The molecule has 2 aromatic carbocycles. The van der Waals surface area contributed by atoms with Gasteiger partial charge in [-0.25, -0.2) is 0 Å². The Bertz CT molecular complexity index is 1060. The zero-order valence-electron chi connectivity index (χ0n) is 18.5. The molecule has 1 aliphatic carbocycles. The third-order valence-electron chi connectivity index (χ3n) is 6.89. The molecule has 4 aromatic rings. The summed E-state index contributed by atoms with van der Waals surface area (Å²) in [5, 5.41) is 0. The van der Waals surface area contributed by atoms with E-state index < -0.39 is 0 Å². The monoisotopic (exact) mass is 410 g/mol. The zero-order chi connectivity index (χ0) is 21.3. The Kier molecular flexibility index (Phi) is 5.31. The first kappa shape index (κ1) is 19.9. The van der Waals surface area contributed by atoms with Gasteiger partial charge in [-0.15, -0.1) is 0 Å². The Hall–Kier alpha value is -3.00. The van der Waals surface area contributed by atoms with Crippen molar-refractivity contribution in [3.05, 3.63) is 84.3 Å². The van der Waals surface area contributed by atoms with Gasteiger partial charge < -0.3 is 8.83 Å². The molecule has 0 aliphatic heterocycles. The molecule has 158 valence electrons. The van der Waals surface area contributed by atoms with E-state index in [4.69, 9.17) is 8.83 Å². The molecular weight excluding hydrogens is 380 g/mol. The first-order chi connectivity index (χ1) is 15.3. The first-order valence-electron chi connectivity index (χ1n) is 11.6. The molecule has 1 aliphatic rings. The molecule has 2 heteroatoms. The predicted molar refractivity (Wildman–Crippen MR) is 127 cm³/mol. The van der Waals surface area contributed by atoms with Gasteiger partial charge in [-0.1, -0.05) is 63.8 Å². The minimum Gasteiger partial charge on any atom is -0.464 e. The predicted octanol–water partition coefficient (Wildman–Crippen LogP) is 8.85. The van der Waals surface area contributed by atoms with E-state index in [2.05, 4.69) is 62.4 Å². The summed E-state index contributed by atoms with van der Waals surface area (Å²) < 4.78 is 11.5. The molecular formula is C29H30O2. The summed E-state index contributed by atoms with van der Waals surface area (Å²) in [4.78, 5) is 0. The molecule has 0 atom stereocenters. The number of hydrogen-bond acceptors (Lipinski definition) is 2. The second kappa shape index (κ2) is 8.26. The van der Waals surface area contributed by atoms with E-state index >= 15 is 0 Å². The quantitative estimate of drug-likeness (QED) is 0.290. The van der Waals surface area contributed by atoms with Crippen molar-refractivity contribution in [1.29, 1.82) is 0 Å². The van der Waals surface area contributed by atoms with Crippen LogP contribution in [0.25, 0.3) is 33.8 Å². The molecule has 0 saturated carbocycles. The summed E-state index contributed by atoms with van der Waals surface area (Å²) in [6.07, 6.45) is 10.7. The number of hydrogen-bond donors (Lipinski definition) is 0. The van der Waals surface area contributed by atoms with Crippen LogP contribution in [-0.2, 0) is 5.41 Å². The van der Waals surface area contributed by atoms with Crippen molar-refractivity contribution in [3.8, 4) is 33.8 Å². The Balaban J connectivity index is 1.72. The Morgan fingerprint density at radius 2 is 1.13 bits per heavy atom. The van der Waals surface area contributed by atoms with E-state index in [0.29, 0.717) is 0 Å². The fraction of sp³-hybridized carbons (Fsp3) is 0.310. The highest BCUT2D eigenvalue weighted by Gasteiger charge is 2.42. The van der Waals surface area contributed by atoms with Crippen LogP contribution in [0.5, 0.6) is 0 Å². The lowest BCUT2D eigenvalue weighted by atomic mass is 9.70. The molecule has 0 spiro atoms. The first-order valence-corrected chi connectivity index (χ1v) is 11.6. The molecule has 2 heterocycles. The van der Waals surface area contributed by atoms with Gasteiger partial charge in [0.25, 0.3) is 0 Å². The van der Waals surface area contributed by atoms with Crippen LogP contribution in [0.4, 0.5) is 0 Å². The summed E-state index contributed by atoms with van der Waals surface area (Å²) in [6.45, 7) is 4.59. The summed E-state index contributed by atoms with van der Waals surface area (Å²) in [7, 11) is 0. The molecule has 0 amide bonds. The van der Waals surface area contributed by atoms with Crippen molar-refractivity contribution >= 4 is 0 Å². The SMILES string of the molecule is CCCCC1(CCCC)c2cc(-c3ccco3)ccc2-c2ccc(-c3ccco3)cc21. The number of fused-ring (bicyclic) bond motifs is 3.